The van der Waals surface area contributed by atoms with E-state index in [9.17, 15) is 14.4 Å². The van der Waals surface area contributed by atoms with Crippen LogP contribution < -0.4 is 21.1 Å². The molecule has 0 aliphatic heterocycles. The van der Waals surface area contributed by atoms with Gasteiger partial charge in [0.25, 0.3) is 5.91 Å². The first-order chi connectivity index (χ1) is 13.1. The van der Waals surface area contributed by atoms with E-state index in [0.717, 1.165) is 0 Å². The van der Waals surface area contributed by atoms with Crippen molar-refractivity contribution in [2.24, 2.45) is 0 Å². The van der Waals surface area contributed by atoms with Gasteiger partial charge in [-0.2, -0.15) is 0 Å². The van der Waals surface area contributed by atoms with Gasteiger partial charge in [-0.25, -0.2) is 4.79 Å². The molecule has 0 saturated carbocycles. The molecule has 0 aliphatic carbocycles. The number of carbonyl (C=O) groups excluding carboxylic acids is 2. The van der Waals surface area contributed by atoms with Crippen LogP contribution in [0.5, 0.6) is 5.75 Å². The highest BCUT2D eigenvalue weighted by atomic mass is 16.5. The largest absolute Gasteiger partial charge is 0.484 e. The Balaban J connectivity index is 1.60. The van der Waals surface area contributed by atoms with Crippen molar-refractivity contribution in [3.05, 3.63) is 59.1 Å². The van der Waals surface area contributed by atoms with Gasteiger partial charge in [0.15, 0.2) is 12.2 Å². The SMILES string of the molecule is CCNC(=O)COc1ccc(NC(=O)Cn2c(=O)oc3ccccc32)cc1. The fourth-order valence-corrected chi connectivity index (χ4v) is 2.54. The zero-order chi connectivity index (χ0) is 19.2. The number of anilines is 1. The second kappa shape index (κ2) is 8.22. The van der Waals surface area contributed by atoms with Crippen LogP contribution in [0.15, 0.2) is 57.7 Å². The minimum absolute atomic E-state index is 0.0734. The van der Waals surface area contributed by atoms with Crippen molar-refractivity contribution in [2.75, 3.05) is 18.5 Å². The monoisotopic (exact) mass is 369 g/mol. The van der Waals surface area contributed by atoms with E-state index >= 15 is 0 Å². The minimum atomic E-state index is -0.583. The molecular formula is C19H19N3O5. The molecule has 0 bridgehead atoms. The number of fused-ring (bicyclic) bond motifs is 1. The Hall–Kier alpha value is -3.55. The minimum Gasteiger partial charge on any atom is -0.484 e. The summed E-state index contributed by atoms with van der Waals surface area (Å²) in [5.41, 5.74) is 1.54. The molecule has 0 saturated heterocycles. The van der Waals surface area contributed by atoms with Crippen LogP contribution in [-0.4, -0.2) is 29.5 Å². The number of carbonyl (C=O) groups is 2. The summed E-state index contributed by atoms with van der Waals surface area (Å²) in [7, 11) is 0. The molecule has 8 heteroatoms. The van der Waals surface area contributed by atoms with Crippen molar-refractivity contribution in [1.29, 1.82) is 0 Å². The fraction of sp³-hybridized carbons (Fsp3) is 0.211. The Bertz CT molecular complexity index is 1000. The van der Waals surface area contributed by atoms with Crippen molar-refractivity contribution >= 4 is 28.6 Å². The quantitative estimate of drug-likeness (QED) is 0.660. The van der Waals surface area contributed by atoms with Gasteiger partial charge < -0.3 is 19.8 Å². The highest BCUT2D eigenvalue weighted by Gasteiger charge is 2.12. The number of para-hydroxylation sites is 2. The molecule has 0 atom stereocenters. The number of hydrogen-bond acceptors (Lipinski definition) is 5. The van der Waals surface area contributed by atoms with Gasteiger partial charge in [-0.1, -0.05) is 12.1 Å². The van der Waals surface area contributed by atoms with Gasteiger partial charge in [0.1, 0.15) is 12.3 Å². The molecule has 0 unspecified atom stereocenters. The lowest BCUT2D eigenvalue weighted by molar-refractivity contribution is -0.123. The standard InChI is InChI=1S/C19H19N3O5/c1-2-20-18(24)12-26-14-9-7-13(8-10-14)21-17(23)11-22-15-5-3-4-6-16(15)27-19(22)25/h3-10H,2,11-12H2,1H3,(H,20,24)(H,21,23). The zero-order valence-corrected chi connectivity index (χ0v) is 14.7. The summed E-state index contributed by atoms with van der Waals surface area (Å²) in [6.07, 6.45) is 0. The number of nitrogens with one attached hydrogen (secondary N) is 2. The fourth-order valence-electron chi connectivity index (χ4n) is 2.54. The van der Waals surface area contributed by atoms with Gasteiger partial charge in [0, 0.05) is 12.2 Å². The first kappa shape index (κ1) is 18.2. The number of hydrogen-bond donors (Lipinski definition) is 2. The number of amides is 2. The van der Waals surface area contributed by atoms with Crippen molar-refractivity contribution in [3.63, 3.8) is 0 Å². The second-order valence-electron chi connectivity index (χ2n) is 5.74. The van der Waals surface area contributed by atoms with E-state index < -0.39 is 5.76 Å². The predicted molar refractivity (Wildman–Crippen MR) is 99.7 cm³/mol. The summed E-state index contributed by atoms with van der Waals surface area (Å²) in [6, 6.07) is 13.5. The number of aromatic nitrogens is 1. The molecular weight excluding hydrogens is 350 g/mol. The summed E-state index contributed by atoms with van der Waals surface area (Å²) in [5, 5.41) is 5.34. The Labute approximate surface area is 154 Å². The summed E-state index contributed by atoms with van der Waals surface area (Å²) in [4.78, 5) is 35.5. The zero-order valence-electron chi connectivity index (χ0n) is 14.7. The summed E-state index contributed by atoms with van der Waals surface area (Å²) in [5.74, 6) is -0.635. The number of rotatable bonds is 7. The highest BCUT2D eigenvalue weighted by Crippen LogP contribution is 2.16. The Morgan fingerprint density at radius 3 is 2.56 bits per heavy atom. The maximum atomic E-state index is 12.3. The second-order valence-corrected chi connectivity index (χ2v) is 5.74. The molecule has 3 rings (SSSR count). The normalized spacial score (nSPS) is 10.6. The Morgan fingerprint density at radius 1 is 1.07 bits per heavy atom. The number of nitrogens with zero attached hydrogens (tertiary/aromatic N) is 1. The average Bonchev–Trinajstić information content (AvgIpc) is 2.97. The lowest BCUT2D eigenvalue weighted by atomic mass is 10.3. The van der Waals surface area contributed by atoms with Crippen molar-refractivity contribution in [3.8, 4) is 5.75 Å². The van der Waals surface area contributed by atoms with E-state index in [1.54, 1.807) is 48.5 Å². The molecule has 2 amide bonds. The number of likely N-dealkylation sites (N-methyl/N-ethyl adjacent to an activating group) is 1. The van der Waals surface area contributed by atoms with Crippen molar-refractivity contribution in [1.82, 2.24) is 9.88 Å². The third-order valence-electron chi connectivity index (χ3n) is 3.76. The summed E-state index contributed by atoms with van der Waals surface area (Å²) < 4.78 is 11.7. The van der Waals surface area contributed by atoms with Crippen LogP contribution in [0.2, 0.25) is 0 Å². The highest BCUT2D eigenvalue weighted by molar-refractivity contribution is 5.91. The van der Waals surface area contributed by atoms with Gasteiger partial charge in [0.2, 0.25) is 5.91 Å². The topological polar surface area (TPSA) is 103 Å². The molecule has 1 aromatic heterocycles. The molecule has 27 heavy (non-hydrogen) atoms. The molecule has 140 valence electrons. The number of benzene rings is 2. The average molecular weight is 369 g/mol. The molecule has 3 aromatic rings. The van der Waals surface area contributed by atoms with E-state index in [2.05, 4.69) is 10.6 Å². The maximum Gasteiger partial charge on any atom is 0.420 e. The summed E-state index contributed by atoms with van der Waals surface area (Å²) in [6.45, 7) is 2.14. The Morgan fingerprint density at radius 2 is 1.81 bits per heavy atom. The van der Waals surface area contributed by atoms with E-state index in [1.807, 2.05) is 6.92 Å². The molecule has 0 fully saturated rings. The van der Waals surface area contributed by atoms with E-state index in [4.69, 9.17) is 9.15 Å². The van der Waals surface area contributed by atoms with Crippen LogP contribution in [0.1, 0.15) is 6.92 Å². The van der Waals surface area contributed by atoms with Gasteiger partial charge in [-0.15, -0.1) is 0 Å². The van der Waals surface area contributed by atoms with E-state index in [0.29, 0.717) is 29.1 Å². The lowest BCUT2D eigenvalue weighted by Crippen LogP contribution is -2.28. The predicted octanol–water partition coefficient (Wildman–Crippen LogP) is 1.75. The number of oxazole rings is 1. The van der Waals surface area contributed by atoms with Crippen LogP contribution >= 0.6 is 0 Å². The third kappa shape index (κ3) is 4.55. The van der Waals surface area contributed by atoms with Gasteiger partial charge in [-0.3, -0.25) is 14.2 Å². The van der Waals surface area contributed by atoms with Crippen LogP contribution in [0.25, 0.3) is 11.1 Å². The maximum absolute atomic E-state index is 12.3. The lowest BCUT2D eigenvalue weighted by Gasteiger charge is -2.08. The van der Waals surface area contributed by atoms with Crippen molar-refractivity contribution in [2.45, 2.75) is 13.5 Å². The van der Waals surface area contributed by atoms with Gasteiger partial charge in [0.05, 0.1) is 5.52 Å². The number of ether oxygens (including phenoxy) is 1. The Kier molecular flexibility index (Phi) is 5.55. The smallest absolute Gasteiger partial charge is 0.420 e. The first-order valence-electron chi connectivity index (χ1n) is 8.44. The first-order valence-corrected chi connectivity index (χ1v) is 8.44. The summed E-state index contributed by atoms with van der Waals surface area (Å²) >= 11 is 0. The van der Waals surface area contributed by atoms with Crippen molar-refractivity contribution < 1.29 is 18.7 Å². The third-order valence-corrected chi connectivity index (χ3v) is 3.76. The molecule has 0 spiro atoms. The molecule has 2 aromatic carbocycles. The van der Waals surface area contributed by atoms with E-state index in [-0.39, 0.29) is 25.0 Å². The van der Waals surface area contributed by atoms with Crippen LogP contribution in [0.4, 0.5) is 5.69 Å². The van der Waals surface area contributed by atoms with E-state index in [1.165, 1.54) is 4.57 Å². The van der Waals surface area contributed by atoms with Crippen LogP contribution in [0.3, 0.4) is 0 Å². The molecule has 8 nitrogen and oxygen atoms in total. The van der Waals surface area contributed by atoms with Crippen LogP contribution in [0, 0.1) is 0 Å². The molecule has 0 radical (unpaired) electrons. The van der Waals surface area contributed by atoms with Gasteiger partial charge >= 0.3 is 5.76 Å². The van der Waals surface area contributed by atoms with Gasteiger partial charge in [-0.05, 0) is 43.3 Å². The molecule has 2 N–H and O–H groups in total. The molecule has 1 heterocycles. The van der Waals surface area contributed by atoms with Crippen LogP contribution in [-0.2, 0) is 16.1 Å². The molecule has 0 aliphatic rings.